The van der Waals surface area contributed by atoms with Gasteiger partial charge in [0.15, 0.2) is 0 Å². The van der Waals surface area contributed by atoms with Crippen LogP contribution in [0.4, 0.5) is 0 Å². The van der Waals surface area contributed by atoms with E-state index < -0.39 is 0 Å². The normalized spacial score (nSPS) is 10.3. The Morgan fingerprint density at radius 2 is 1.73 bits per heavy atom. The Balaban J connectivity index is 2.64. The molecule has 0 saturated carbocycles. The van der Waals surface area contributed by atoms with Crippen LogP contribution in [0.3, 0.4) is 0 Å². The molecule has 1 aromatic heterocycles. The Hall–Kier alpha value is -1.25. The Morgan fingerprint density at radius 3 is 2.33 bits per heavy atom. The molecule has 0 unspecified atom stereocenters. The molecule has 0 radical (unpaired) electrons. The molecule has 1 N–H and O–H groups in total. The average molecular weight is 240 g/mol. The van der Waals surface area contributed by atoms with Gasteiger partial charge in [-0.2, -0.15) is 0 Å². The Morgan fingerprint density at radius 1 is 1.07 bits per heavy atom. The predicted octanol–water partition coefficient (Wildman–Crippen LogP) is 3.35. The van der Waals surface area contributed by atoms with E-state index in [4.69, 9.17) is 23.2 Å². The van der Waals surface area contributed by atoms with E-state index in [0.717, 1.165) is 0 Å². The number of nitrogens with one attached hydrogen (secondary N) is 1. The number of aromatic amines is 1. The van der Waals surface area contributed by atoms with E-state index >= 15 is 0 Å². The molecule has 4 heteroatoms. The van der Waals surface area contributed by atoms with Gasteiger partial charge in [0.1, 0.15) is 0 Å². The fourth-order valence-corrected chi connectivity index (χ4v) is 1.88. The van der Waals surface area contributed by atoms with E-state index in [2.05, 4.69) is 4.98 Å². The van der Waals surface area contributed by atoms with Crippen LogP contribution in [-0.2, 0) is 0 Å². The van der Waals surface area contributed by atoms with Crippen molar-refractivity contribution < 1.29 is 0 Å². The number of hydrogen-bond acceptors (Lipinski definition) is 1. The largest absolute Gasteiger partial charge is 0.329 e. The number of pyridine rings is 1. The molecule has 0 bridgehead atoms. The van der Waals surface area contributed by atoms with E-state index in [-0.39, 0.29) is 5.56 Å². The highest BCUT2D eigenvalue weighted by Gasteiger charge is 2.04. The summed E-state index contributed by atoms with van der Waals surface area (Å²) in [7, 11) is 0. The molecule has 0 aliphatic heterocycles. The number of H-pyrrole nitrogens is 1. The van der Waals surface area contributed by atoms with Gasteiger partial charge in [-0.25, -0.2) is 0 Å². The quantitative estimate of drug-likeness (QED) is 0.814. The zero-order valence-corrected chi connectivity index (χ0v) is 9.14. The van der Waals surface area contributed by atoms with E-state index in [0.29, 0.717) is 21.2 Å². The fraction of sp³-hybridized carbons (Fsp3) is 0. The molecule has 76 valence electrons. The van der Waals surface area contributed by atoms with Crippen molar-refractivity contribution in [3.05, 3.63) is 56.9 Å². The smallest absolute Gasteiger partial charge is 0.255 e. The first-order valence-corrected chi connectivity index (χ1v) is 5.06. The summed E-state index contributed by atoms with van der Waals surface area (Å²) in [6.07, 6.45) is 1.58. The molecular formula is C11H7Cl2NO. The first-order chi connectivity index (χ1) is 7.16. The van der Waals surface area contributed by atoms with Gasteiger partial charge in [0, 0.05) is 21.8 Å². The molecule has 15 heavy (non-hydrogen) atoms. The zero-order chi connectivity index (χ0) is 10.8. The van der Waals surface area contributed by atoms with Crippen molar-refractivity contribution in [1.82, 2.24) is 4.98 Å². The van der Waals surface area contributed by atoms with Crippen LogP contribution >= 0.6 is 23.2 Å². The molecule has 0 amide bonds. The summed E-state index contributed by atoms with van der Waals surface area (Å²) in [5.74, 6) is 0. The lowest BCUT2D eigenvalue weighted by Crippen LogP contribution is -2.06. The summed E-state index contributed by atoms with van der Waals surface area (Å²) in [5, 5.41) is 1.03. The highest BCUT2D eigenvalue weighted by atomic mass is 35.5. The number of benzene rings is 1. The van der Waals surface area contributed by atoms with E-state index in [9.17, 15) is 4.79 Å². The molecule has 0 aliphatic carbocycles. The lowest BCUT2D eigenvalue weighted by Gasteiger charge is -2.01. The van der Waals surface area contributed by atoms with E-state index in [1.165, 1.54) is 0 Å². The summed E-state index contributed by atoms with van der Waals surface area (Å²) in [6, 6.07) is 8.52. The molecule has 0 spiro atoms. The topological polar surface area (TPSA) is 32.9 Å². The van der Waals surface area contributed by atoms with Gasteiger partial charge in [-0.05, 0) is 35.9 Å². The molecule has 0 atom stereocenters. The number of aromatic nitrogens is 1. The second-order valence-electron chi connectivity index (χ2n) is 3.07. The molecule has 2 nitrogen and oxygen atoms in total. The van der Waals surface area contributed by atoms with Gasteiger partial charge in [0.05, 0.1) is 0 Å². The highest BCUT2D eigenvalue weighted by molar-refractivity contribution is 6.35. The molecule has 0 aliphatic rings. The maximum absolute atomic E-state index is 11.5. The van der Waals surface area contributed by atoms with Gasteiger partial charge in [0.2, 0.25) is 0 Å². The number of hydrogen-bond donors (Lipinski definition) is 1. The highest BCUT2D eigenvalue weighted by Crippen LogP contribution is 2.24. The molecule has 2 rings (SSSR count). The van der Waals surface area contributed by atoms with Crippen molar-refractivity contribution in [2.75, 3.05) is 0 Å². The minimum Gasteiger partial charge on any atom is -0.329 e. The van der Waals surface area contributed by atoms with E-state index in [1.54, 1.807) is 36.5 Å². The summed E-state index contributed by atoms with van der Waals surface area (Å²) in [6.45, 7) is 0. The van der Waals surface area contributed by atoms with Gasteiger partial charge in [0.25, 0.3) is 5.56 Å². The van der Waals surface area contributed by atoms with Crippen LogP contribution < -0.4 is 5.56 Å². The standard InChI is InChI=1S/C11H7Cl2NO/c12-8-4-7(5-9(13)6-8)10-2-1-3-14-11(10)15/h1-6H,(H,14,15). The van der Waals surface area contributed by atoms with Crippen LogP contribution in [-0.4, -0.2) is 4.98 Å². The molecular weight excluding hydrogens is 233 g/mol. The summed E-state index contributed by atoms with van der Waals surface area (Å²) in [5.41, 5.74) is 1.12. The van der Waals surface area contributed by atoms with Crippen LogP contribution in [0.1, 0.15) is 0 Å². The van der Waals surface area contributed by atoms with Gasteiger partial charge >= 0.3 is 0 Å². The van der Waals surface area contributed by atoms with Gasteiger partial charge in [-0.1, -0.05) is 23.2 Å². The summed E-state index contributed by atoms with van der Waals surface area (Å²) >= 11 is 11.7. The van der Waals surface area contributed by atoms with Crippen molar-refractivity contribution in [1.29, 1.82) is 0 Å². The van der Waals surface area contributed by atoms with Crippen molar-refractivity contribution in [2.45, 2.75) is 0 Å². The third kappa shape index (κ3) is 2.22. The fourth-order valence-electron chi connectivity index (χ4n) is 1.36. The van der Waals surface area contributed by atoms with Gasteiger partial charge in [-0.3, -0.25) is 4.79 Å². The molecule has 0 fully saturated rings. The molecule has 2 aromatic rings. The van der Waals surface area contributed by atoms with Crippen LogP contribution in [0, 0.1) is 0 Å². The van der Waals surface area contributed by atoms with Gasteiger partial charge in [-0.15, -0.1) is 0 Å². The Labute approximate surface area is 96.5 Å². The maximum atomic E-state index is 11.5. The van der Waals surface area contributed by atoms with Crippen LogP contribution in [0.15, 0.2) is 41.3 Å². The summed E-state index contributed by atoms with van der Waals surface area (Å²) < 4.78 is 0. The van der Waals surface area contributed by atoms with Crippen molar-refractivity contribution >= 4 is 23.2 Å². The minimum atomic E-state index is -0.157. The number of rotatable bonds is 1. The minimum absolute atomic E-state index is 0.157. The van der Waals surface area contributed by atoms with Crippen LogP contribution in [0.5, 0.6) is 0 Å². The van der Waals surface area contributed by atoms with Crippen molar-refractivity contribution in [3.63, 3.8) is 0 Å². The third-order valence-corrected chi connectivity index (χ3v) is 2.43. The number of halogens is 2. The average Bonchev–Trinajstić information content (AvgIpc) is 2.16. The van der Waals surface area contributed by atoms with Crippen LogP contribution in [0.25, 0.3) is 11.1 Å². The first kappa shape index (κ1) is 10.3. The van der Waals surface area contributed by atoms with Crippen molar-refractivity contribution in [3.8, 4) is 11.1 Å². The zero-order valence-electron chi connectivity index (χ0n) is 7.63. The lowest BCUT2D eigenvalue weighted by atomic mass is 10.1. The maximum Gasteiger partial charge on any atom is 0.255 e. The monoisotopic (exact) mass is 239 g/mol. The summed E-state index contributed by atoms with van der Waals surface area (Å²) in [4.78, 5) is 14.1. The molecule has 1 aromatic carbocycles. The Bertz CT molecular complexity index is 528. The Kier molecular flexibility index (Phi) is 2.80. The second-order valence-corrected chi connectivity index (χ2v) is 3.94. The van der Waals surface area contributed by atoms with Crippen LogP contribution in [0.2, 0.25) is 10.0 Å². The first-order valence-electron chi connectivity index (χ1n) is 4.31. The second kappa shape index (κ2) is 4.09. The molecule has 1 heterocycles. The van der Waals surface area contributed by atoms with E-state index in [1.807, 2.05) is 0 Å². The van der Waals surface area contributed by atoms with Crippen molar-refractivity contribution in [2.24, 2.45) is 0 Å². The van der Waals surface area contributed by atoms with Gasteiger partial charge < -0.3 is 4.98 Å². The third-order valence-electron chi connectivity index (χ3n) is 1.99. The molecule has 0 saturated heterocycles. The lowest BCUT2D eigenvalue weighted by molar-refractivity contribution is 1.24. The SMILES string of the molecule is O=c1[nH]cccc1-c1cc(Cl)cc(Cl)c1. The predicted molar refractivity (Wildman–Crippen MR) is 62.5 cm³/mol.